The second-order valence-electron chi connectivity index (χ2n) is 7.83. The number of carbonyl (C=O) groups is 1. The lowest BCUT2D eigenvalue weighted by molar-refractivity contribution is -0.0119. The zero-order valence-corrected chi connectivity index (χ0v) is 17.0. The lowest BCUT2D eigenvalue weighted by Gasteiger charge is -2.39. The first-order valence-electron chi connectivity index (χ1n) is 9.62. The average molecular weight is 403 g/mol. The van der Waals surface area contributed by atoms with Crippen molar-refractivity contribution in [3.8, 4) is 23.4 Å². The third-order valence-electron chi connectivity index (χ3n) is 4.37. The minimum absolute atomic E-state index is 0.274. The summed E-state index contributed by atoms with van der Waals surface area (Å²) in [5, 5.41) is 4.01. The van der Waals surface area contributed by atoms with Crippen LogP contribution in [0.25, 0.3) is 11.5 Å². The summed E-state index contributed by atoms with van der Waals surface area (Å²) in [5.41, 5.74) is 1.46. The Morgan fingerprint density at radius 1 is 1.20 bits per heavy atom. The van der Waals surface area contributed by atoms with Crippen LogP contribution in [0, 0.1) is 11.8 Å². The number of ether oxygens (including phenoxy) is 1. The maximum atomic E-state index is 12.3. The molecule has 0 N–H and O–H groups in total. The Morgan fingerprint density at radius 3 is 2.70 bits per heavy atom. The second-order valence-corrected chi connectivity index (χ2v) is 7.83. The lowest BCUT2D eigenvalue weighted by atomic mass is 10.0. The topological polar surface area (TPSA) is 94.2 Å². The molecule has 1 atom stereocenters. The number of aromatic nitrogens is 4. The molecule has 1 aliphatic rings. The van der Waals surface area contributed by atoms with Crippen molar-refractivity contribution in [2.24, 2.45) is 0 Å². The van der Waals surface area contributed by atoms with Crippen molar-refractivity contribution >= 4 is 6.09 Å². The van der Waals surface area contributed by atoms with Gasteiger partial charge in [-0.15, -0.1) is 0 Å². The van der Waals surface area contributed by atoms with Crippen LogP contribution in [-0.2, 0) is 4.74 Å². The number of hydrogen-bond donors (Lipinski definition) is 0. The Labute approximate surface area is 174 Å². The van der Waals surface area contributed by atoms with Gasteiger partial charge < -0.3 is 9.26 Å². The third kappa shape index (κ3) is 4.46. The van der Waals surface area contributed by atoms with Crippen LogP contribution in [0.2, 0.25) is 0 Å². The maximum Gasteiger partial charge on any atom is 0.410 e. The smallest absolute Gasteiger partial charge is 0.410 e. The predicted molar refractivity (Wildman–Crippen MR) is 108 cm³/mol. The highest BCUT2D eigenvalue weighted by Gasteiger charge is 2.39. The maximum absolute atomic E-state index is 12.3. The molecule has 4 rings (SSSR count). The number of rotatable bonds is 2. The number of amides is 1. The van der Waals surface area contributed by atoms with Crippen LogP contribution in [0.1, 0.15) is 50.4 Å². The van der Waals surface area contributed by atoms with Gasteiger partial charge in [-0.05, 0) is 57.4 Å². The van der Waals surface area contributed by atoms with Gasteiger partial charge in [-0.1, -0.05) is 17.1 Å². The van der Waals surface area contributed by atoms with Gasteiger partial charge in [0.15, 0.2) is 0 Å². The number of hydrogen-bond acceptors (Lipinski definition) is 7. The van der Waals surface area contributed by atoms with Crippen molar-refractivity contribution in [2.45, 2.75) is 38.8 Å². The van der Waals surface area contributed by atoms with Gasteiger partial charge >= 0.3 is 6.09 Å². The van der Waals surface area contributed by atoms with E-state index < -0.39 is 5.60 Å². The van der Waals surface area contributed by atoms with Gasteiger partial charge in [-0.2, -0.15) is 4.98 Å². The Bertz CT molecular complexity index is 1090. The van der Waals surface area contributed by atoms with E-state index in [1.807, 2.05) is 45.0 Å². The SMILES string of the molecule is CC(C)(C)OC(=O)N1CCC1c1nc(-c2ccc(C#Cc3ccccn3)cn2)no1. The van der Waals surface area contributed by atoms with Crippen LogP contribution in [0.4, 0.5) is 4.79 Å². The molecule has 0 aliphatic carbocycles. The highest BCUT2D eigenvalue weighted by Crippen LogP contribution is 2.34. The van der Waals surface area contributed by atoms with Crippen LogP contribution < -0.4 is 0 Å². The fourth-order valence-electron chi connectivity index (χ4n) is 2.83. The van der Waals surface area contributed by atoms with E-state index in [0.717, 1.165) is 12.0 Å². The summed E-state index contributed by atoms with van der Waals surface area (Å²) in [5.74, 6) is 6.75. The fourth-order valence-corrected chi connectivity index (χ4v) is 2.83. The largest absolute Gasteiger partial charge is 0.444 e. The molecule has 1 saturated heterocycles. The molecule has 0 aromatic carbocycles. The molecule has 1 aliphatic heterocycles. The van der Waals surface area contributed by atoms with Crippen molar-refractivity contribution in [3.63, 3.8) is 0 Å². The summed E-state index contributed by atoms with van der Waals surface area (Å²) < 4.78 is 10.8. The van der Waals surface area contributed by atoms with Gasteiger partial charge in [-0.25, -0.2) is 9.78 Å². The number of likely N-dealkylation sites (tertiary alicyclic amines) is 1. The van der Waals surface area contributed by atoms with Gasteiger partial charge in [0.1, 0.15) is 23.0 Å². The molecule has 3 aromatic rings. The van der Waals surface area contributed by atoms with Crippen molar-refractivity contribution in [1.29, 1.82) is 0 Å². The summed E-state index contributed by atoms with van der Waals surface area (Å²) in [6.45, 7) is 6.10. The first kappa shape index (κ1) is 19.6. The van der Waals surface area contributed by atoms with Crippen molar-refractivity contribution in [3.05, 3.63) is 59.9 Å². The molecule has 0 bridgehead atoms. The molecular weight excluding hydrogens is 382 g/mol. The van der Waals surface area contributed by atoms with Crippen LogP contribution in [0.5, 0.6) is 0 Å². The molecule has 8 heteroatoms. The van der Waals surface area contributed by atoms with Crippen LogP contribution >= 0.6 is 0 Å². The Kier molecular flexibility index (Phi) is 5.19. The summed E-state index contributed by atoms with van der Waals surface area (Å²) in [4.78, 5) is 26.8. The molecule has 1 unspecified atom stereocenters. The van der Waals surface area contributed by atoms with Crippen molar-refractivity contribution < 1.29 is 14.1 Å². The molecule has 0 saturated carbocycles. The van der Waals surface area contributed by atoms with E-state index in [-0.39, 0.29) is 12.1 Å². The first-order chi connectivity index (χ1) is 14.4. The molecule has 3 aromatic heterocycles. The molecule has 1 amide bonds. The number of pyridine rings is 2. The Morgan fingerprint density at radius 2 is 2.07 bits per heavy atom. The summed E-state index contributed by atoms with van der Waals surface area (Å²) in [6.07, 6.45) is 3.71. The van der Waals surface area contributed by atoms with Gasteiger partial charge in [-0.3, -0.25) is 9.88 Å². The summed E-state index contributed by atoms with van der Waals surface area (Å²) >= 11 is 0. The Hall–Kier alpha value is -3.73. The van der Waals surface area contributed by atoms with Gasteiger partial charge in [0.2, 0.25) is 11.7 Å². The minimum atomic E-state index is -0.553. The fraction of sp³-hybridized carbons (Fsp3) is 0.318. The molecule has 30 heavy (non-hydrogen) atoms. The molecule has 152 valence electrons. The number of carbonyl (C=O) groups excluding carboxylic acids is 1. The highest BCUT2D eigenvalue weighted by atomic mass is 16.6. The monoisotopic (exact) mass is 403 g/mol. The van der Waals surface area contributed by atoms with Gasteiger partial charge in [0.05, 0.1) is 0 Å². The van der Waals surface area contributed by atoms with Gasteiger partial charge in [0.25, 0.3) is 0 Å². The van der Waals surface area contributed by atoms with Crippen molar-refractivity contribution in [1.82, 2.24) is 25.0 Å². The molecule has 8 nitrogen and oxygen atoms in total. The van der Waals surface area contributed by atoms with E-state index >= 15 is 0 Å². The molecule has 0 spiro atoms. The second kappa shape index (κ2) is 7.95. The summed E-state index contributed by atoms with van der Waals surface area (Å²) in [6, 6.07) is 8.92. The van der Waals surface area contributed by atoms with Crippen LogP contribution in [0.3, 0.4) is 0 Å². The third-order valence-corrected chi connectivity index (χ3v) is 4.37. The van der Waals surface area contributed by atoms with E-state index in [1.54, 1.807) is 23.4 Å². The van der Waals surface area contributed by atoms with Crippen LogP contribution in [0.15, 0.2) is 47.2 Å². The lowest BCUT2D eigenvalue weighted by Crippen LogP contribution is -2.47. The normalized spacial score (nSPS) is 15.7. The van der Waals surface area contributed by atoms with Crippen molar-refractivity contribution in [2.75, 3.05) is 6.54 Å². The Balaban J connectivity index is 1.44. The van der Waals surface area contributed by atoms with E-state index in [2.05, 4.69) is 31.9 Å². The quantitative estimate of drug-likeness (QED) is 0.603. The van der Waals surface area contributed by atoms with Gasteiger partial charge in [0, 0.05) is 24.5 Å². The standard InChI is InChI=1S/C22H21N5O3/c1-22(2,3)29-21(28)27-13-11-18(27)20-25-19(26-30-20)17-10-8-15(14-24-17)7-9-16-6-4-5-12-23-16/h4-6,8,10,12,14,18H,11,13H2,1-3H3. The first-order valence-corrected chi connectivity index (χ1v) is 9.62. The van der Waals surface area contributed by atoms with Crippen LogP contribution in [-0.4, -0.2) is 43.2 Å². The zero-order valence-electron chi connectivity index (χ0n) is 17.0. The predicted octanol–water partition coefficient (Wildman–Crippen LogP) is 3.61. The van der Waals surface area contributed by atoms with E-state index in [9.17, 15) is 4.79 Å². The minimum Gasteiger partial charge on any atom is -0.444 e. The molecule has 0 radical (unpaired) electrons. The molecular formula is C22H21N5O3. The molecule has 1 fully saturated rings. The van der Waals surface area contributed by atoms with E-state index in [4.69, 9.17) is 9.26 Å². The zero-order chi connectivity index (χ0) is 21.1. The summed E-state index contributed by atoms with van der Waals surface area (Å²) in [7, 11) is 0. The van der Waals surface area contributed by atoms with E-state index in [0.29, 0.717) is 29.6 Å². The number of nitrogens with zero attached hydrogens (tertiary/aromatic N) is 5. The average Bonchev–Trinajstić information content (AvgIpc) is 3.14. The highest BCUT2D eigenvalue weighted by molar-refractivity contribution is 5.69. The molecule has 4 heterocycles. The van der Waals surface area contributed by atoms with E-state index in [1.165, 1.54) is 0 Å².